The Kier molecular flexibility index (Phi) is 6.38. The maximum atomic E-state index is 14.0. The number of fused-ring (bicyclic) bond motifs is 4. The summed E-state index contributed by atoms with van der Waals surface area (Å²) in [6.45, 7) is 10.6. The second-order valence-electron chi connectivity index (χ2n) is 12.1. The largest absolute Gasteiger partial charge is 0.369 e. The number of nitrogens with one attached hydrogen (secondary N) is 1. The Bertz CT molecular complexity index is 1510. The first-order valence-corrected chi connectivity index (χ1v) is 14.5. The molecule has 3 aromatic rings. The van der Waals surface area contributed by atoms with Crippen molar-refractivity contribution in [3.63, 3.8) is 0 Å². The van der Waals surface area contributed by atoms with Crippen LogP contribution in [0.2, 0.25) is 0 Å². The number of anilines is 1. The van der Waals surface area contributed by atoms with Crippen LogP contribution in [0, 0.1) is 11.3 Å². The van der Waals surface area contributed by atoms with Gasteiger partial charge in [-0.15, -0.1) is 0 Å². The van der Waals surface area contributed by atoms with Gasteiger partial charge in [0, 0.05) is 72.7 Å². The second kappa shape index (κ2) is 9.64. The van der Waals surface area contributed by atoms with Gasteiger partial charge in [-0.1, -0.05) is 46.1 Å². The molecule has 3 aliphatic rings. The number of hydrogen-bond acceptors (Lipinski definition) is 5. The number of rotatable bonds is 4. The Morgan fingerprint density at radius 3 is 2.49 bits per heavy atom. The predicted molar refractivity (Wildman–Crippen MR) is 158 cm³/mol. The fourth-order valence-corrected chi connectivity index (χ4v) is 7.48. The van der Waals surface area contributed by atoms with Crippen LogP contribution in [0.25, 0.3) is 10.9 Å². The van der Waals surface area contributed by atoms with E-state index in [9.17, 15) is 10.1 Å². The van der Waals surface area contributed by atoms with Gasteiger partial charge in [0.1, 0.15) is 0 Å². The molecular weight excluding hydrogens is 482 g/mol. The molecule has 1 aliphatic heterocycles. The standard InChI is InChI=1S/C33H39N5O/c1-5-23-18-25-26(32(2,3)31-29(30(25)39)24-10-9-22(20-34)17-27(24)36-31)19-28(23)37-13-15-38(16-14-37)33(21-35-4)11-7-6-8-12-33/h9-10,17-19,21,36H,5-8,11-16H2,1-4H3. The predicted octanol–water partition coefficient (Wildman–Crippen LogP) is 6.00. The number of carbonyl (C=O) groups is 1. The third-order valence-electron chi connectivity index (χ3n) is 9.64. The molecule has 6 rings (SSSR count). The van der Waals surface area contributed by atoms with E-state index in [0.717, 1.165) is 65.9 Å². The summed E-state index contributed by atoms with van der Waals surface area (Å²) in [7, 11) is 1.91. The van der Waals surface area contributed by atoms with Crippen molar-refractivity contribution in [1.29, 1.82) is 5.26 Å². The van der Waals surface area contributed by atoms with Gasteiger partial charge in [-0.25, -0.2) is 0 Å². The minimum atomic E-state index is -0.364. The summed E-state index contributed by atoms with van der Waals surface area (Å²) >= 11 is 0. The fourth-order valence-electron chi connectivity index (χ4n) is 7.48. The lowest BCUT2D eigenvalue weighted by Gasteiger charge is -2.48. The van der Waals surface area contributed by atoms with Crippen molar-refractivity contribution in [2.75, 3.05) is 38.1 Å². The van der Waals surface area contributed by atoms with Gasteiger partial charge in [-0.05, 0) is 54.7 Å². The minimum absolute atomic E-state index is 0.0828. The average Bonchev–Trinajstić information content (AvgIpc) is 3.36. The van der Waals surface area contributed by atoms with Crippen LogP contribution in [0.5, 0.6) is 0 Å². The average molecular weight is 522 g/mol. The van der Waals surface area contributed by atoms with Crippen molar-refractivity contribution in [1.82, 2.24) is 9.88 Å². The minimum Gasteiger partial charge on any atom is -0.369 e. The van der Waals surface area contributed by atoms with Crippen LogP contribution in [0.3, 0.4) is 0 Å². The number of ketones is 1. The van der Waals surface area contributed by atoms with Crippen molar-refractivity contribution in [3.8, 4) is 6.07 Å². The number of benzene rings is 2. The van der Waals surface area contributed by atoms with Crippen LogP contribution < -0.4 is 4.90 Å². The van der Waals surface area contributed by atoms with Crippen LogP contribution in [0.15, 0.2) is 35.3 Å². The SMILES string of the molecule is CCc1cc2c(cc1N1CCN(C3(C=NC)CCCCC3)CC1)C(C)(C)c1[nH]c3cc(C#N)ccc3c1C2=O. The first kappa shape index (κ1) is 25.8. The topological polar surface area (TPSA) is 75.5 Å². The van der Waals surface area contributed by atoms with E-state index in [1.54, 1.807) is 6.07 Å². The maximum Gasteiger partial charge on any atom is 0.195 e. The molecule has 2 aromatic carbocycles. The number of nitriles is 1. The Morgan fingerprint density at radius 2 is 1.82 bits per heavy atom. The lowest BCUT2D eigenvalue weighted by molar-refractivity contribution is 0.103. The van der Waals surface area contributed by atoms with E-state index in [0.29, 0.717) is 5.56 Å². The van der Waals surface area contributed by atoms with Gasteiger partial charge in [0.05, 0.1) is 22.7 Å². The van der Waals surface area contributed by atoms with Crippen molar-refractivity contribution < 1.29 is 4.79 Å². The highest BCUT2D eigenvalue weighted by Crippen LogP contribution is 2.46. The fraction of sp³-hybridized carbons (Fsp3) is 0.485. The van der Waals surface area contributed by atoms with Gasteiger partial charge in [0.25, 0.3) is 0 Å². The lowest BCUT2D eigenvalue weighted by atomic mass is 9.70. The van der Waals surface area contributed by atoms with Crippen molar-refractivity contribution >= 4 is 28.6 Å². The zero-order chi connectivity index (χ0) is 27.4. The van der Waals surface area contributed by atoms with Gasteiger partial charge in [-0.3, -0.25) is 14.7 Å². The molecule has 1 N–H and O–H groups in total. The number of carbonyl (C=O) groups excluding carboxylic acids is 1. The number of aromatic amines is 1. The molecular formula is C33H39N5O. The highest BCUT2D eigenvalue weighted by atomic mass is 16.1. The van der Waals surface area contributed by atoms with Crippen molar-refractivity contribution in [2.45, 2.75) is 70.3 Å². The normalized spacial score (nSPS) is 20.7. The van der Waals surface area contributed by atoms with E-state index >= 15 is 0 Å². The molecule has 1 saturated carbocycles. The van der Waals surface area contributed by atoms with Crippen LogP contribution >= 0.6 is 0 Å². The molecule has 0 spiro atoms. The monoisotopic (exact) mass is 521 g/mol. The highest BCUT2D eigenvalue weighted by Gasteiger charge is 2.42. The lowest BCUT2D eigenvalue weighted by Crippen LogP contribution is -2.59. The molecule has 0 radical (unpaired) electrons. The highest BCUT2D eigenvalue weighted by molar-refractivity contribution is 6.20. The Balaban J connectivity index is 1.35. The first-order valence-electron chi connectivity index (χ1n) is 14.5. The molecule has 2 heterocycles. The van der Waals surface area contributed by atoms with Gasteiger partial charge < -0.3 is 9.88 Å². The molecule has 0 bridgehead atoms. The molecule has 1 aromatic heterocycles. The van der Waals surface area contributed by atoms with Crippen LogP contribution in [0.4, 0.5) is 5.69 Å². The third kappa shape index (κ3) is 4.02. The molecule has 1 saturated heterocycles. The summed E-state index contributed by atoms with van der Waals surface area (Å²) in [6.07, 6.45) is 9.44. The molecule has 202 valence electrons. The second-order valence-corrected chi connectivity index (χ2v) is 12.1. The van der Waals surface area contributed by atoms with E-state index in [1.807, 2.05) is 19.2 Å². The van der Waals surface area contributed by atoms with Crippen molar-refractivity contribution in [2.24, 2.45) is 4.99 Å². The number of hydrogen-bond donors (Lipinski definition) is 1. The third-order valence-corrected chi connectivity index (χ3v) is 9.64. The number of H-pyrrole nitrogens is 1. The van der Waals surface area contributed by atoms with E-state index in [4.69, 9.17) is 0 Å². The zero-order valence-electron chi connectivity index (χ0n) is 23.7. The van der Waals surface area contributed by atoms with E-state index in [2.05, 4.69) is 65.0 Å². The van der Waals surface area contributed by atoms with Crippen LogP contribution in [-0.2, 0) is 11.8 Å². The molecule has 2 fully saturated rings. The Morgan fingerprint density at radius 1 is 1.08 bits per heavy atom. The summed E-state index contributed by atoms with van der Waals surface area (Å²) in [4.78, 5) is 27.2. The number of aryl methyl sites for hydroxylation is 1. The van der Waals surface area contributed by atoms with Crippen LogP contribution in [0.1, 0.15) is 91.2 Å². The van der Waals surface area contributed by atoms with Crippen LogP contribution in [-0.4, -0.2) is 60.6 Å². The summed E-state index contributed by atoms with van der Waals surface area (Å²) in [5.74, 6) is 0.0828. The maximum absolute atomic E-state index is 14.0. The van der Waals surface area contributed by atoms with E-state index in [1.165, 1.54) is 43.4 Å². The smallest absolute Gasteiger partial charge is 0.195 e. The van der Waals surface area contributed by atoms with Gasteiger partial charge in [-0.2, -0.15) is 5.26 Å². The number of nitrogens with zero attached hydrogens (tertiary/aromatic N) is 4. The Hall–Kier alpha value is -3.43. The van der Waals surface area contributed by atoms with E-state index < -0.39 is 0 Å². The summed E-state index contributed by atoms with van der Waals surface area (Å²) < 4.78 is 0. The van der Waals surface area contributed by atoms with Gasteiger partial charge >= 0.3 is 0 Å². The van der Waals surface area contributed by atoms with Gasteiger partial charge in [0.2, 0.25) is 0 Å². The molecule has 0 unspecified atom stereocenters. The number of piperazine rings is 1. The molecule has 6 heteroatoms. The molecule has 2 aliphatic carbocycles. The molecule has 6 nitrogen and oxygen atoms in total. The van der Waals surface area contributed by atoms with Gasteiger partial charge in [0.15, 0.2) is 5.78 Å². The van der Waals surface area contributed by atoms with E-state index in [-0.39, 0.29) is 16.7 Å². The summed E-state index contributed by atoms with van der Waals surface area (Å²) in [5.41, 5.74) is 7.32. The summed E-state index contributed by atoms with van der Waals surface area (Å²) in [6, 6.07) is 12.3. The Labute approximate surface area is 231 Å². The first-order chi connectivity index (χ1) is 18.8. The van der Waals surface area contributed by atoms with Crippen molar-refractivity contribution in [3.05, 3.63) is 63.8 Å². The zero-order valence-corrected chi connectivity index (χ0v) is 23.7. The molecule has 0 amide bonds. The molecule has 39 heavy (non-hydrogen) atoms. The molecule has 0 atom stereocenters. The quantitative estimate of drug-likeness (QED) is 0.428. The summed E-state index contributed by atoms with van der Waals surface area (Å²) in [5, 5.41) is 10.3. The number of aromatic nitrogens is 1. The number of aliphatic imine (C=N–C) groups is 1.